The summed E-state index contributed by atoms with van der Waals surface area (Å²) in [5.74, 6) is -0.497. The zero-order valence-electron chi connectivity index (χ0n) is 16.1. The summed E-state index contributed by atoms with van der Waals surface area (Å²) < 4.78 is 14.9. The summed E-state index contributed by atoms with van der Waals surface area (Å²) in [5, 5.41) is 2.42. The van der Waals surface area contributed by atoms with Crippen LogP contribution in [0.2, 0.25) is 0 Å². The predicted octanol–water partition coefficient (Wildman–Crippen LogP) is 5.22. The number of fused-ring (bicyclic) bond motifs is 2. The number of benzene rings is 3. The number of amides is 1. The highest BCUT2D eigenvalue weighted by atomic mass is 35.5. The van der Waals surface area contributed by atoms with Crippen LogP contribution in [0.1, 0.15) is 10.4 Å². The number of thiazole rings is 1. The summed E-state index contributed by atoms with van der Waals surface area (Å²) >= 11 is 1.34. The lowest BCUT2D eigenvalue weighted by molar-refractivity contribution is 0.0987. The average molecular weight is 430 g/mol. The van der Waals surface area contributed by atoms with Gasteiger partial charge in [-0.3, -0.25) is 9.69 Å². The van der Waals surface area contributed by atoms with Crippen molar-refractivity contribution in [1.29, 1.82) is 0 Å². The summed E-state index contributed by atoms with van der Waals surface area (Å²) in [4.78, 5) is 21.6. The van der Waals surface area contributed by atoms with E-state index >= 15 is 0 Å². The maximum Gasteiger partial charge on any atom is 0.260 e. The number of hydrogen-bond acceptors (Lipinski definition) is 4. The molecular formula is C22H21ClFN3OS. The van der Waals surface area contributed by atoms with Crippen LogP contribution in [0.15, 0.2) is 60.7 Å². The number of aromatic nitrogens is 1. The molecule has 0 N–H and O–H groups in total. The highest BCUT2D eigenvalue weighted by Gasteiger charge is 2.23. The summed E-state index contributed by atoms with van der Waals surface area (Å²) in [7, 11) is 3.91. The van der Waals surface area contributed by atoms with Gasteiger partial charge >= 0.3 is 0 Å². The molecule has 0 fully saturated rings. The fraction of sp³-hybridized carbons (Fsp3) is 0.182. The molecule has 7 heteroatoms. The number of anilines is 1. The molecule has 0 aliphatic heterocycles. The molecule has 1 heterocycles. The van der Waals surface area contributed by atoms with Crippen LogP contribution in [0, 0.1) is 5.82 Å². The van der Waals surface area contributed by atoms with E-state index in [0.29, 0.717) is 29.3 Å². The minimum absolute atomic E-state index is 0. The number of nitrogens with zero attached hydrogens (tertiary/aromatic N) is 3. The summed E-state index contributed by atoms with van der Waals surface area (Å²) in [5.41, 5.74) is 0.930. The van der Waals surface area contributed by atoms with Crippen LogP contribution in [0.25, 0.3) is 21.0 Å². The zero-order chi connectivity index (χ0) is 19.7. The molecule has 1 aromatic heterocycles. The molecule has 0 bridgehead atoms. The predicted molar refractivity (Wildman–Crippen MR) is 121 cm³/mol. The number of likely N-dealkylation sites (N-methyl/N-ethyl adjacent to an activating group) is 1. The molecule has 0 radical (unpaired) electrons. The van der Waals surface area contributed by atoms with E-state index < -0.39 is 0 Å². The van der Waals surface area contributed by atoms with E-state index in [2.05, 4.69) is 4.98 Å². The summed E-state index contributed by atoms with van der Waals surface area (Å²) in [6, 6.07) is 18.4. The third-order valence-corrected chi connectivity index (χ3v) is 5.67. The molecule has 0 spiro atoms. The summed E-state index contributed by atoms with van der Waals surface area (Å²) in [6.07, 6.45) is 0. The van der Waals surface area contributed by atoms with Crippen molar-refractivity contribution in [2.24, 2.45) is 0 Å². The van der Waals surface area contributed by atoms with Gasteiger partial charge in [-0.15, -0.1) is 12.4 Å². The van der Waals surface area contributed by atoms with Crippen molar-refractivity contribution >= 4 is 55.8 Å². The lowest BCUT2D eigenvalue weighted by Crippen LogP contribution is -2.36. The second-order valence-corrected chi connectivity index (χ2v) is 7.88. The first-order valence-electron chi connectivity index (χ1n) is 9.04. The second kappa shape index (κ2) is 8.86. The molecule has 1 amide bonds. The van der Waals surface area contributed by atoms with Gasteiger partial charge in [-0.1, -0.05) is 53.8 Å². The van der Waals surface area contributed by atoms with Crippen molar-refractivity contribution in [3.8, 4) is 0 Å². The van der Waals surface area contributed by atoms with Crippen LogP contribution < -0.4 is 4.90 Å². The average Bonchev–Trinajstić information content (AvgIpc) is 3.12. The van der Waals surface area contributed by atoms with Gasteiger partial charge in [-0.05, 0) is 43.1 Å². The van der Waals surface area contributed by atoms with E-state index in [4.69, 9.17) is 0 Å². The van der Waals surface area contributed by atoms with Gasteiger partial charge < -0.3 is 4.90 Å². The Kier molecular flexibility index (Phi) is 6.47. The maximum absolute atomic E-state index is 14.1. The lowest BCUT2D eigenvalue weighted by Gasteiger charge is -2.22. The standard InChI is InChI=1S/C22H20FN3OS.ClH/c1-25(2)13-14-26(22-24-20-18(23)11-6-12-19(20)28-22)21(27)17-10-5-8-15-7-3-4-9-16(15)17;/h3-12H,13-14H2,1-2H3;1H. The fourth-order valence-electron chi connectivity index (χ4n) is 3.16. The molecule has 150 valence electrons. The molecule has 4 rings (SSSR count). The summed E-state index contributed by atoms with van der Waals surface area (Å²) in [6.45, 7) is 1.14. The molecule has 4 aromatic rings. The largest absolute Gasteiger partial charge is 0.308 e. The minimum atomic E-state index is -0.370. The maximum atomic E-state index is 14.1. The number of carbonyl (C=O) groups is 1. The van der Waals surface area contributed by atoms with E-state index in [1.807, 2.05) is 67.5 Å². The molecule has 0 aliphatic rings. The van der Waals surface area contributed by atoms with Gasteiger partial charge in [0, 0.05) is 18.7 Å². The van der Waals surface area contributed by atoms with Crippen molar-refractivity contribution in [3.05, 3.63) is 72.0 Å². The van der Waals surface area contributed by atoms with Crippen molar-refractivity contribution in [2.45, 2.75) is 0 Å². The first kappa shape index (κ1) is 21.2. The number of rotatable bonds is 5. The van der Waals surface area contributed by atoms with Crippen molar-refractivity contribution < 1.29 is 9.18 Å². The van der Waals surface area contributed by atoms with Crippen LogP contribution in [0.4, 0.5) is 9.52 Å². The Balaban J connectivity index is 0.00000240. The number of para-hydroxylation sites is 1. The Bertz CT molecular complexity index is 1160. The number of hydrogen-bond donors (Lipinski definition) is 0. The highest BCUT2D eigenvalue weighted by Crippen LogP contribution is 2.32. The van der Waals surface area contributed by atoms with E-state index in [0.717, 1.165) is 15.5 Å². The molecule has 0 saturated heterocycles. The molecule has 0 saturated carbocycles. The fourth-order valence-corrected chi connectivity index (χ4v) is 4.16. The molecular weight excluding hydrogens is 409 g/mol. The van der Waals surface area contributed by atoms with E-state index in [1.54, 1.807) is 11.0 Å². The van der Waals surface area contributed by atoms with Crippen molar-refractivity contribution in [3.63, 3.8) is 0 Å². The highest BCUT2D eigenvalue weighted by molar-refractivity contribution is 7.22. The van der Waals surface area contributed by atoms with E-state index in [9.17, 15) is 9.18 Å². The Hall–Kier alpha value is -2.54. The second-order valence-electron chi connectivity index (χ2n) is 6.87. The number of carbonyl (C=O) groups excluding carboxylic acids is 1. The SMILES string of the molecule is CN(C)CCN(C(=O)c1cccc2ccccc12)c1nc2c(F)cccc2s1.Cl. The molecule has 4 nitrogen and oxygen atoms in total. The number of halogens is 2. The minimum Gasteiger partial charge on any atom is -0.308 e. The quantitative estimate of drug-likeness (QED) is 0.436. The van der Waals surface area contributed by atoms with Crippen LogP contribution in [0.3, 0.4) is 0 Å². The van der Waals surface area contributed by atoms with Crippen LogP contribution >= 0.6 is 23.7 Å². The lowest BCUT2D eigenvalue weighted by atomic mass is 10.0. The van der Waals surface area contributed by atoms with Gasteiger partial charge in [0.15, 0.2) is 5.13 Å². The van der Waals surface area contributed by atoms with Crippen LogP contribution in [-0.2, 0) is 0 Å². The monoisotopic (exact) mass is 429 g/mol. The zero-order valence-corrected chi connectivity index (χ0v) is 17.8. The van der Waals surface area contributed by atoms with Gasteiger partial charge in [0.1, 0.15) is 11.3 Å². The molecule has 0 atom stereocenters. The molecule has 29 heavy (non-hydrogen) atoms. The Morgan fingerprint density at radius 1 is 1.00 bits per heavy atom. The molecule has 3 aromatic carbocycles. The molecule has 0 aliphatic carbocycles. The van der Waals surface area contributed by atoms with Gasteiger partial charge in [-0.25, -0.2) is 9.37 Å². The van der Waals surface area contributed by atoms with Gasteiger partial charge in [0.05, 0.1) is 4.70 Å². The Morgan fingerprint density at radius 2 is 1.72 bits per heavy atom. The third kappa shape index (κ3) is 4.24. The van der Waals surface area contributed by atoms with Gasteiger partial charge in [-0.2, -0.15) is 0 Å². The van der Waals surface area contributed by atoms with Crippen LogP contribution in [0.5, 0.6) is 0 Å². The van der Waals surface area contributed by atoms with Crippen molar-refractivity contribution in [2.75, 3.05) is 32.1 Å². The first-order chi connectivity index (χ1) is 13.5. The Morgan fingerprint density at radius 3 is 2.48 bits per heavy atom. The first-order valence-corrected chi connectivity index (χ1v) is 9.85. The van der Waals surface area contributed by atoms with E-state index in [1.165, 1.54) is 17.4 Å². The Labute approximate surface area is 179 Å². The van der Waals surface area contributed by atoms with Gasteiger partial charge in [0.2, 0.25) is 0 Å². The van der Waals surface area contributed by atoms with Crippen LogP contribution in [-0.4, -0.2) is 43.0 Å². The smallest absolute Gasteiger partial charge is 0.260 e. The normalized spacial score (nSPS) is 11.0. The third-order valence-electron chi connectivity index (χ3n) is 4.63. The van der Waals surface area contributed by atoms with Gasteiger partial charge in [0.25, 0.3) is 5.91 Å². The van der Waals surface area contributed by atoms with E-state index in [-0.39, 0.29) is 24.1 Å². The topological polar surface area (TPSA) is 36.4 Å². The molecule has 0 unspecified atom stereocenters. The van der Waals surface area contributed by atoms with Crippen molar-refractivity contribution in [1.82, 2.24) is 9.88 Å².